The summed E-state index contributed by atoms with van der Waals surface area (Å²) in [6.07, 6.45) is -3.39. The maximum Gasteiger partial charge on any atom is 0.401 e. The predicted molar refractivity (Wildman–Crippen MR) is 55.6 cm³/mol. The Bertz CT molecular complexity index is 169. The van der Waals surface area contributed by atoms with Crippen LogP contribution in [0.4, 0.5) is 13.2 Å². The van der Waals surface area contributed by atoms with E-state index in [2.05, 4.69) is 0 Å². The fourth-order valence-electron chi connectivity index (χ4n) is 1.38. The fraction of sp³-hybridized carbons (Fsp3) is 1.00. The van der Waals surface area contributed by atoms with Crippen LogP contribution in [0.15, 0.2) is 0 Å². The van der Waals surface area contributed by atoms with E-state index in [9.17, 15) is 13.2 Å². The molecule has 0 rings (SSSR count). The lowest BCUT2D eigenvalue weighted by atomic mass is 10.0. The summed E-state index contributed by atoms with van der Waals surface area (Å²) >= 11 is 0. The first kappa shape index (κ1) is 14.7. The number of nitrogens with zero attached hydrogens (tertiary/aromatic N) is 1. The summed E-state index contributed by atoms with van der Waals surface area (Å²) < 4.78 is 36.6. The van der Waals surface area contributed by atoms with Gasteiger partial charge < -0.3 is 5.73 Å². The van der Waals surface area contributed by atoms with E-state index in [0.717, 1.165) is 6.42 Å². The molecule has 2 unspecified atom stereocenters. The Morgan fingerprint density at radius 2 is 1.80 bits per heavy atom. The molecule has 0 aliphatic rings. The van der Waals surface area contributed by atoms with Gasteiger partial charge >= 0.3 is 6.18 Å². The van der Waals surface area contributed by atoms with Crippen LogP contribution in [0.1, 0.15) is 27.2 Å². The molecule has 92 valence electrons. The maximum absolute atomic E-state index is 12.2. The summed E-state index contributed by atoms with van der Waals surface area (Å²) in [4.78, 5) is 1.42. The second-order valence-electron chi connectivity index (χ2n) is 4.19. The van der Waals surface area contributed by atoms with Crippen LogP contribution in [0.5, 0.6) is 0 Å². The monoisotopic (exact) mass is 226 g/mol. The van der Waals surface area contributed by atoms with Crippen molar-refractivity contribution in [2.75, 3.05) is 19.6 Å². The van der Waals surface area contributed by atoms with E-state index in [1.807, 2.05) is 20.8 Å². The van der Waals surface area contributed by atoms with Crippen molar-refractivity contribution in [3.05, 3.63) is 0 Å². The van der Waals surface area contributed by atoms with Crippen molar-refractivity contribution < 1.29 is 13.2 Å². The molecule has 0 aliphatic carbocycles. The van der Waals surface area contributed by atoms with Crippen molar-refractivity contribution in [1.29, 1.82) is 0 Å². The van der Waals surface area contributed by atoms with Crippen molar-refractivity contribution in [1.82, 2.24) is 4.90 Å². The van der Waals surface area contributed by atoms with E-state index >= 15 is 0 Å². The molecule has 0 saturated carbocycles. The molecular formula is C10H21F3N2. The molecule has 0 fully saturated rings. The van der Waals surface area contributed by atoms with Gasteiger partial charge in [0, 0.05) is 12.6 Å². The van der Waals surface area contributed by atoms with E-state index in [-0.39, 0.29) is 12.0 Å². The molecule has 2 atom stereocenters. The standard InChI is InChI=1S/C10H21F3N2/c1-4-5-15(7-10(11,12)13)6-8(2)9(3)14/h8-9H,4-7,14H2,1-3H3. The van der Waals surface area contributed by atoms with Gasteiger partial charge in [-0.05, 0) is 25.8 Å². The van der Waals surface area contributed by atoms with Gasteiger partial charge in [-0.15, -0.1) is 0 Å². The molecule has 0 aromatic carbocycles. The highest BCUT2D eigenvalue weighted by Gasteiger charge is 2.31. The molecule has 15 heavy (non-hydrogen) atoms. The molecule has 5 heteroatoms. The minimum absolute atomic E-state index is 0.0717. The lowest BCUT2D eigenvalue weighted by Gasteiger charge is -2.27. The zero-order valence-electron chi connectivity index (χ0n) is 9.64. The van der Waals surface area contributed by atoms with Crippen LogP contribution < -0.4 is 5.73 Å². The van der Waals surface area contributed by atoms with Gasteiger partial charge in [-0.25, -0.2) is 0 Å². The Labute approximate surface area is 89.6 Å². The number of alkyl halides is 3. The van der Waals surface area contributed by atoms with Crippen molar-refractivity contribution >= 4 is 0 Å². The SMILES string of the molecule is CCCN(CC(C)C(C)N)CC(F)(F)F. The van der Waals surface area contributed by atoms with Crippen molar-refractivity contribution in [3.8, 4) is 0 Å². The minimum Gasteiger partial charge on any atom is -0.328 e. The second-order valence-corrected chi connectivity index (χ2v) is 4.19. The maximum atomic E-state index is 12.2. The number of rotatable bonds is 6. The van der Waals surface area contributed by atoms with Crippen LogP contribution in [0.3, 0.4) is 0 Å². The second kappa shape index (κ2) is 6.33. The van der Waals surface area contributed by atoms with Gasteiger partial charge in [-0.3, -0.25) is 4.90 Å². The third-order valence-corrected chi connectivity index (χ3v) is 2.39. The number of nitrogens with two attached hydrogens (primary N) is 1. The highest BCUT2D eigenvalue weighted by molar-refractivity contribution is 4.71. The van der Waals surface area contributed by atoms with Crippen LogP contribution in [0.25, 0.3) is 0 Å². The summed E-state index contributed by atoms with van der Waals surface area (Å²) in [5.74, 6) is 0.0823. The zero-order valence-corrected chi connectivity index (χ0v) is 9.64. The first-order chi connectivity index (χ1) is 6.76. The molecule has 0 bridgehead atoms. The van der Waals surface area contributed by atoms with Crippen molar-refractivity contribution in [3.63, 3.8) is 0 Å². The lowest BCUT2D eigenvalue weighted by Crippen LogP contribution is -2.41. The average molecular weight is 226 g/mol. The summed E-state index contributed by atoms with van der Waals surface area (Å²) in [5, 5.41) is 0. The Balaban J connectivity index is 4.15. The van der Waals surface area contributed by atoms with Gasteiger partial charge in [0.2, 0.25) is 0 Å². The largest absolute Gasteiger partial charge is 0.401 e. The summed E-state index contributed by atoms with van der Waals surface area (Å²) in [5.41, 5.74) is 5.64. The van der Waals surface area contributed by atoms with Crippen molar-refractivity contribution in [2.45, 2.75) is 39.4 Å². The molecule has 0 heterocycles. The lowest BCUT2D eigenvalue weighted by molar-refractivity contribution is -0.147. The Kier molecular flexibility index (Phi) is 6.20. The van der Waals surface area contributed by atoms with Crippen LogP contribution in [0.2, 0.25) is 0 Å². The normalized spacial score (nSPS) is 16.8. The van der Waals surface area contributed by atoms with E-state index < -0.39 is 12.7 Å². The van der Waals surface area contributed by atoms with Gasteiger partial charge in [0.15, 0.2) is 0 Å². The Morgan fingerprint density at radius 3 is 2.13 bits per heavy atom. The van der Waals surface area contributed by atoms with Crippen LogP contribution >= 0.6 is 0 Å². The number of hydrogen-bond acceptors (Lipinski definition) is 2. The van der Waals surface area contributed by atoms with Gasteiger partial charge in [-0.2, -0.15) is 13.2 Å². The minimum atomic E-state index is -4.12. The number of hydrogen-bond donors (Lipinski definition) is 1. The molecule has 0 aromatic rings. The van der Waals surface area contributed by atoms with Crippen LogP contribution in [0, 0.1) is 5.92 Å². The molecule has 2 nitrogen and oxygen atoms in total. The molecule has 0 saturated heterocycles. The molecule has 0 aliphatic heterocycles. The first-order valence-electron chi connectivity index (χ1n) is 5.31. The highest BCUT2D eigenvalue weighted by atomic mass is 19.4. The van der Waals surface area contributed by atoms with Gasteiger partial charge in [0.25, 0.3) is 0 Å². The first-order valence-corrected chi connectivity index (χ1v) is 5.31. The Hall–Kier alpha value is -0.290. The molecule has 0 spiro atoms. The quantitative estimate of drug-likeness (QED) is 0.752. The van der Waals surface area contributed by atoms with Gasteiger partial charge in [-0.1, -0.05) is 13.8 Å². The number of halogens is 3. The van der Waals surface area contributed by atoms with E-state index in [0.29, 0.717) is 13.1 Å². The van der Waals surface area contributed by atoms with Crippen molar-refractivity contribution in [2.24, 2.45) is 11.7 Å². The third-order valence-electron chi connectivity index (χ3n) is 2.39. The van der Waals surface area contributed by atoms with E-state index in [1.54, 1.807) is 0 Å². The average Bonchev–Trinajstić information content (AvgIpc) is 2.00. The zero-order chi connectivity index (χ0) is 12.1. The summed E-state index contributed by atoms with van der Waals surface area (Å²) in [6, 6.07) is -0.0717. The summed E-state index contributed by atoms with van der Waals surface area (Å²) in [7, 11) is 0. The fourth-order valence-corrected chi connectivity index (χ4v) is 1.38. The Morgan fingerprint density at radius 1 is 1.27 bits per heavy atom. The molecular weight excluding hydrogens is 205 g/mol. The smallest absolute Gasteiger partial charge is 0.328 e. The third kappa shape index (κ3) is 7.62. The van der Waals surface area contributed by atoms with Gasteiger partial charge in [0.05, 0.1) is 6.54 Å². The molecule has 0 amide bonds. The van der Waals surface area contributed by atoms with E-state index in [1.165, 1.54) is 4.90 Å². The van der Waals surface area contributed by atoms with Crippen LogP contribution in [-0.2, 0) is 0 Å². The van der Waals surface area contributed by atoms with E-state index in [4.69, 9.17) is 5.73 Å². The predicted octanol–water partition coefficient (Wildman–Crippen LogP) is 2.24. The van der Waals surface area contributed by atoms with Gasteiger partial charge in [0.1, 0.15) is 0 Å². The molecule has 0 aromatic heterocycles. The molecule has 2 N–H and O–H groups in total. The molecule has 0 radical (unpaired) electrons. The summed E-state index contributed by atoms with van der Waals surface area (Å²) in [6.45, 7) is 5.62. The van der Waals surface area contributed by atoms with Crippen LogP contribution in [-0.4, -0.2) is 36.8 Å². The topological polar surface area (TPSA) is 29.3 Å². The highest BCUT2D eigenvalue weighted by Crippen LogP contribution is 2.17.